The average Bonchev–Trinajstić information content (AvgIpc) is 2.93. The van der Waals surface area contributed by atoms with Gasteiger partial charge in [-0.05, 0) is 29.8 Å². The highest BCUT2D eigenvalue weighted by Gasteiger charge is 2.53. The third-order valence-electron chi connectivity index (χ3n) is 3.80. The number of para-hydroxylation sites is 1. The number of halogens is 4. The lowest BCUT2D eigenvalue weighted by Crippen LogP contribution is -2.37. The molecule has 130 valence electrons. The number of hydrogen-bond acceptors (Lipinski definition) is 3. The number of anilines is 1. The van der Waals surface area contributed by atoms with Crippen LogP contribution >= 0.6 is 11.6 Å². The summed E-state index contributed by atoms with van der Waals surface area (Å²) in [6, 6.07) is 13.4. The molecule has 1 aliphatic rings. The first kappa shape index (κ1) is 17.4. The number of carbonyl (C=O) groups is 1. The van der Waals surface area contributed by atoms with E-state index in [2.05, 4.69) is 5.10 Å². The Labute approximate surface area is 146 Å². The minimum Gasteiger partial charge on any atom is -0.387 e. The van der Waals surface area contributed by atoms with Gasteiger partial charge in [-0.3, -0.25) is 4.79 Å². The molecule has 1 heterocycles. The van der Waals surface area contributed by atoms with E-state index in [0.29, 0.717) is 10.0 Å². The molecule has 1 amide bonds. The molecule has 3 rings (SSSR count). The van der Waals surface area contributed by atoms with Gasteiger partial charge in [-0.15, -0.1) is 0 Å². The molecule has 0 radical (unpaired) electrons. The molecule has 0 fully saturated rings. The Bertz CT molecular complexity index is 807. The second-order valence-corrected chi connectivity index (χ2v) is 5.88. The summed E-state index contributed by atoms with van der Waals surface area (Å²) in [7, 11) is 0. The summed E-state index contributed by atoms with van der Waals surface area (Å²) < 4.78 is 40.1. The van der Waals surface area contributed by atoms with E-state index in [0.717, 1.165) is 0 Å². The minimum atomic E-state index is -4.85. The fourth-order valence-electron chi connectivity index (χ4n) is 2.59. The molecule has 0 aliphatic carbocycles. The minimum absolute atomic E-state index is 0.148. The number of aliphatic hydroxyl groups excluding tert-OH is 1. The van der Waals surface area contributed by atoms with Gasteiger partial charge in [0.1, 0.15) is 5.92 Å². The maximum Gasteiger partial charge on any atom is 0.432 e. The van der Waals surface area contributed by atoms with Crippen molar-refractivity contribution in [2.45, 2.75) is 12.3 Å². The van der Waals surface area contributed by atoms with Crippen LogP contribution in [0.5, 0.6) is 0 Å². The lowest BCUT2D eigenvalue weighted by Gasteiger charge is -2.20. The Morgan fingerprint density at radius 1 is 1.08 bits per heavy atom. The number of carbonyl (C=O) groups excluding carboxylic acids is 1. The standard InChI is InChI=1S/C17H12ClF3N2O2/c18-11-8-6-10(7-9-11)14(24)13-15(17(19,20)21)22-23(16(13)25)12-4-2-1-3-5-12/h1-9,13-14,24H/t13-,14-/m0/s1. The quantitative estimate of drug-likeness (QED) is 0.891. The Balaban J connectivity index is 2.01. The predicted molar refractivity (Wildman–Crippen MR) is 87.3 cm³/mol. The average molecular weight is 369 g/mol. The molecule has 0 spiro atoms. The number of alkyl halides is 3. The van der Waals surface area contributed by atoms with E-state index in [9.17, 15) is 23.1 Å². The monoisotopic (exact) mass is 368 g/mol. The van der Waals surface area contributed by atoms with Crippen molar-refractivity contribution >= 4 is 28.9 Å². The maximum absolute atomic E-state index is 13.4. The number of benzene rings is 2. The molecule has 2 aromatic carbocycles. The van der Waals surface area contributed by atoms with E-state index in [1.165, 1.54) is 36.4 Å². The summed E-state index contributed by atoms with van der Waals surface area (Å²) in [6.07, 6.45) is -6.55. The van der Waals surface area contributed by atoms with Gasteiger partial charge in [0.05, 0.1) is 11.8 Å². The third kappa shape index (κ3) is 3.38. The van der Waals surface area contributed by atoms with Gasteiger partial charge in [0.25, 0.3) is 5.91 Å². The van der Waals surface area contributed by atoms with Crippen LogP contribution in [0.1, 0.15) is 11.7 Å². The number of hydrogen-bond donors (Lipinski definition) is 1. The van der Waals surface area contributed by atoms with Crippen molar-refractivity contribution in [3.8, 4) is 0 Å². The van der Waals surface area contributed by atoms with Crippen molar-refractivity contribution in [1.82, 2.24) is 0 Å². The van der Waals surface area contributed by atoms with E-state index in [1.807, 2.05) is 0 Å². The summed E-state index contributed by atoms with van der Waals surface area (Å²) in [4.78, 5) is 12.6. The molecule has 2 aromatic rings. The van der Waals surface area contributed by atoms with Crippen LogP contribution in [0.2, 0.25) is 5.02 Å². The van der Waals surface area contributed by atoms with Gasteiger partial charge >= 0.3 is 6.18 Å². The van der Waals surface area contributed by atoms with Crippen LogP contribution in [0.3, 0.4) is 0 Å². The number of hydrazone groups is 1. The fourth-order valence-corrected chi connectivity index (χ4v) is 2.72. The van der Waals surface area contributed by atoms with E-state index in [-0.39, 0.29) is 11.3 Å². The van der Waals surface area contributed by atoms with Gasteiger partial charge in [-0.25, -0.2) is 0 Å². The Hall–Kier alpha value is -2.38. The lowest BCUT2D eigenvalue weighted by molar-refractivity contribution is -0.123. The van der Waals surface area contributed by atoms with Crippen LogP contribution in [0.4, 0.5) is 18.9 Å². The highest BCUT2D eigenvalue weighted by atomic mass is 35.5. The van der Waals surface area contributed by atoms with Gasteiger partial charge < -0.3 is 5.11 Å². The summed E-state index contributed by atoms with van der Waals surface area (Å²) in [5, 5.41) is 14.9. The molecule has 4 nitrogen and oxygen atoms in total. The first-order chi connectivity index (χ1) is 11.8. The second kappa shape index (κ2) is 6.50. The molecule has 0 saturated heterocycles. The number of amides is 1. The highest BCUT2D eigenvalue weighted by molar-refractivity contribution is 6.30. The van der Waals surface area contributed by atoms with Gasteiger partial charge in [-0.1, -0.05) is 41.9 Å². The molecular weight excluding hydrogens is 357 g/mol. The van der Waals surface area contributed by atoms with Crippen molar-refractivity contribution in [3.05, 3.63) is 65.2 Å². The molecule has 0 bridgehead atoms. The number of nitrogens with zero attached hydrogens (tertiary/aromatic N) is 2. The zero-order valence-electron chi connectivity index (χ0n) is 12.6. The van der Waals surface area contributed by atoms with E-state index < -0.39 is 29.8 Å². The van der Waals surface area contributed by atoms with Crippen LogP contribution in [0, 0.1) is 5.92 Å². The maximum atomic E-state index is 13.4. The van der Waals surface area contributed by atoms with E-state index >= 15 is 0 Å². The van der Waals surface area contributed by atoms with Crippen LogP contribution in [0.25, 0.3) is 0 Å². The summed E-state index contributed by atoms with van der Waals surface area (Å²) in [5.41, 5.74) is -0.988. The summed E-state index contributed by atoms with van der Waals surface area (Å²) in [6.45, 7) is 0. The van der Waals surface area contributed by atoms with Crippen LogP contribution in [-0.4, -0.2) is 22.9 Å². The first-order valence-corrected chi connectivity index (χ1v) is 7.65. The molecular formula is C17H12ClF3N2O2. The molecule has 2 atom stereocenters. The fraction of sp³-hybridized carbons (Fsp3) is 0.176. The lowest BCUT2D eigenvalue weighted by atomic mass is 9.91. The largest absolute Gasteiger partial charge is 0.432 e. The number of aliphatic hydroxyl groups is 1. The van der Waals surface area contributed by atoms with Gasteiger partial charge in [0, 0.05) is 5.02 Å². The molecule has 25 heavy (non-hydrogen) atoms. The SMILES string of the molecule is O=C1[C@@H]([C@@H](O)c2ccc(Cl)cc2)C(C(F)(F)F)=NN1c1ccccc1. The van der Waals surface area contributed by atoms with Crippen molar-refractivity contribution < 1.29 is 23.1 Å². The Kier molecular flexibility index (Phi) is 4.53. The van der Waals surface area contributed by atoms with Crippen LogP contribution < -0.4 is 5.01 Å². The highest BCUT2D eigenvalue weighted by Crippen LogP contribution is 2.38. The zero-order chi connectivity index (χ0) is 18.2. The normalized spacial score (nSPS) is 19.1. The number of rotatable bonds is 3. The van der Waals surface area contributed by atoms with Crippen molar-refractivity contribution in [3.63, 3.8) is 0 Å². The summed E-state index contributed by atoms with van der Waals surface area (Å²) in [5.74, 6) is -2.79. The van der Waals surface area contributed by atoms with Gasteiger partial charge in [0.2, 0.25) is 0 Å². The molecule has 1 N–H and O–H groups in total. The summed E-state index contributed by atoms with van der Waals surface area (Å²) >= 11 is 5.75. The van der Waals surface area contributed by atoms with Crippen molar-refractivity contribution in [2.75, 3.05) is 5.01 Å². The molecule has 8 heteroatoms. The Morgan fingerprint density at radius 2 is 1.68 bits per heavy atom. The molecule has 1 aliphatic heterocycles. The molecule has 0 aromatic heterocycles. The van der Waals surface area contributed by atoms with Crippen LogP contribution in [0.15, 0.2) is 59.7 Å². The third-order valence-corrected chi connectivity index (χ3v) is 4.05. The molecule has 0 saturated carbocycles. The van der Waals surface area contributed by atoms with Gasteiger partial charge in [-0.2, -0.15) is 23.3 Å². The first-order valence-electron chi connectivity index (χ1n) is 7.27. The van der Waals surface area contributed by atoms with Gasteiger partial charge in [0.15, 0.2) is 5.71 Å². The van der Waals surface area contributed by atoms with E-state index in [1.54, 1.807) is 18.2 Å². The topological polar surface area (TPSA) is 52.9 Å². The Morgan fingerprint density at radius 3 is 2.24 bits per heavy atom. The van der Waals surface area contributed by atoms with Crippen molar-refractivity contribution in [1.29, 1.82) is 0 Å². The van der Waals surface area contributed by atoms with Crippen molar-refractivity contribution in [2.24, 2.45) is 11.0 Å². The van der Waals surface area contributed by atoms with Crippen LogP contribution in [-0.2, 0) is 4.79 Å². The zero-order valence-corrected chi connectivity index (χ0v) is 13.4. The second-order valence-electron chi connectivity index (χ2n) is 5.44. The van der Waals surface area contributed by atoms with E-state index in [4.69, 9.17) is 11.6 Å². The predicted octanol–water partition coefficient (Wildman–Crippen LogP) is 3.95. The smallest absolute Gasteiger partial charge is 0.387 e. The molecule has 0 unspecified atom stereocenters.